The summed E-state index contributed by atoms with van der Waals surface area (Å²) in [7, 11) is 0. The Morgan fingerprint density at radius 2 is 1.47 bits per heavy atom. The van der Waals surface area contributed by atoms with Gasteiger partial charge in [-0.25, -0.2) is 0 Å². The molecule has 17 heavy (non-hydrogen) atoms. The van der Waals surface area contributed by atoms with E-state index >= 15 is 0 Å². The fourth-order valence-electron chi connectivity index (χ4n) is 2.25. The lowest BCUT2D eigenvalue weighted by Crippen LogP contribution is -2.45. The average molecular weight is 242 g/mol. The topological polar surface area (TPSA) is 38.0 Å². The van der Waals surface area contributed by atoms with Gasteiger partial charge < -0.3 is 0 Å². The van der Waals surface area contributed by atoms with Crippen LogP contribution >= 0.6 is 0 Å². The molecule has 0 spiro atoms. The molecule has 3 N–H and O–H groups in total. The van der Waals surface area contributed by atoms with Crippen LogP contribution in [0.25, 0.3) is 0 Å². The highest BCUT2D eigenvalue weighted by Gasteiger charge is 2.25. The van der Waals surface area contributed by atoms with Crippen molar-refractivity contribution >= 4 is 0 Å². The van der Waals surface area contributed by atoms with Crippen LogP contribution in [0.2, 0.25) is 0 Å². The van der Waals surface area contributed by atoms with Crippen molar-refractivity contribution in [3.63, 3.8) is 0 Å². The Morgan fingerprint density at radius 3 is 1.94 bits per heavy atom. The first-order valence-electron chi connectivity index (χ1n) is 7.54. The first-order valence-corrected chi connectivity index (χ1v) is 7.54. The van der Waals surface area contributed by atoms with Crippen LogP contribution < -0.4 is 11.3 Å². The average Bonchev–Trinajstić information content (AvgIpc) is 2.32. The van der Waals surface area contributed by atoms with E-state index in [0.29, 0.717) is 11.5 Å². The zero-order valence-electron chi connectivity index (χ0n) is 12.5. The summed E-state index contributed by atoms with van der Waals surface area (Å²) in [6.45, 7) is 9.12. The number of nitrogens with two attached hydrogens (primary N) is 1. The van der Waals surface area contributed by atoms with Gasteiger partial charge >= 0.3 is 0 Å². The van der Waals surface area contributed by atoms with Gasteiger partial charge in [-0.05, 0) is 18.3 Å². The Bertz CT molecular complexity index is 166. The molecule has 0 aromatic carbocycles. The Morgan fingerprint density at radius 1 is 0.941 bits per heavy atom. The molecule has 104 valence electrons. The molecule has 2 heteroatoms. The van der Waals surface area contributed by atoms with Gasteiger partial charge in [0.1, 0.15) is 0 Å². The molecule has 1 unspecified atom stereocenters. The standard InChI is InChI=1S/C15H34N2/c1-5-7-8-9-10-11-12-13-14(17-16)15(3,4)6-2/h14,17H,5-13,16H2,1-4H3. The first-order chi connectivity index (χ1) is 8.08. The Kier molecular flexibility index (Phi) is 9.85. The van der Waals surface area contributed by atoms with Crippen molar-refractivity contribution in [1.29, 1.82) is 0 Å². The van der Waals surface area contributed by atoms with Crippen LogP contribution in [-0.4, -0.2) is 6.04 Å². The number of nitrogens with one attached hydrogen (secondary N) is 1. The van der Waals surface area contributed by atoms with E-state index in [2.05, 4.69) is 33.1 Å². The zero-order chi connectivity index (χ0) is 13.1. The summed E-state index contributed by atoms with van der Waals surface area (Å²) < 4.78 is 0. The smallest absolute Gasteiger partial charge is 0.0261 e. The summed E-state index contributed by atoms with van der Waals surface area (Å²) in [5.74, 6) is 5.66. The molecule has 0 aliphatic heterocycles. The molecule has 0 radical (unpaired) electrons. The molecule has 0 aliphatic rings. The van der Waals surface area contributed by atoms with Crippen LogP contribution in [0, 0.1) is 5.41 Å². The minimum Gasteiger partial charge on any atom is -0.271 e. The monoisotopic (exact) mass is 242 g/mol. The van der Waals surface area contributed by atoms with Gasteiger partial charge in [0.15, 0.2) is 0 Å². The van der Waals surface area contributed by atoms with Crippen molar-refractivity contribution < 1.29 is 0 Å². The molecule has 0 aromatic heterocycles. The lowest BCUT2D eigenvalue weighted by atomic mass is 9.80. The number of hydrogen-bond acceptors (Lipinski definition) is 2. The minimum atomic E-state index is 0.316. The minimum absolute atomic E-state index is 0.316. The fraction of sp³-hybridized carbons (Fsp3) is 1.00. The number of rotatable bonds is 11. The maximum atomic E-state index is 5.66. The predicted molar refractivity (Wildman–Crippen MR) is 77.8 cm³/mol. The molecular weight excluding hydrogens is 208 g/mol. The second-order valence-electron chi connectivity index (χ2n) is 5.97. The third-order valence-corrected chi connectivity index (χ3v) is 4.15. The summed E-state index contributed by atoms with van der Waals surface area (Å²) >= 11 is 0. The van der Waals surface area contributed by atoms with Gasteiger partial charge in [0, 0.05) is 6.04 Å². The third kappa shape index (κ3) is 7.77. The van der Waals surface area contributed by atoms with E-state index in [0.717, 1.165) is 0 Å². The van der Waals surface area contributed by atoms with E-state index in [9.17, 15) is 0 Å². The van der Waals surface area contributed by atoms with Gasteiger partial charge in [-0.1, -0.05) is 72.6 Å². The van der Waals surface area contributed by atoms with Gasteiger partial charge in [-0.3, -0.25) is 11.3 Å². The Balaban J connectivity index is 3.57. The lowest BCUT2D eigenvalue weighted by Gasteiger charge is -2.33. The van der Waals surface area contributed by atoms with Crippen molar-refractivity contribution in [3.05, 3.63) is 0 Å². The summed E-state index contributed by atoms with van der Waals surface area (Å²) in [4.78, 5) is 0. The van der Waals surface area contributed by atoms with Crippen LogP contribution in [0.3, 0.4) is 0 Å². The molecule has 0 saturated carbocycles. The molecule has 0 heterocycles. The second-order valence-corrected chi connectivity index (χ2v) is 5.97. The third-order valence-electron chi connectivity index (χ3n) is 4.15. The highest BCUT2D eigenvalue weighted by Crippen LogP contribution is 2.27. The van der Waals surface area contributed by atoms with Gasteiger partial charge in [-0.2, -0.15) is 0 Å². The van der Waals surface area contributed by atoms with Crippen LogP contribution in [0.4, 0.5) is 0 Å². The van der Waals surface area contributed by atoms with Gasteiger partial charge in [0.2, 0.25) is 0 Å². The molecule has 0 aliphatic carbocycles. The van der Waals surface area contributed by atoms with Gasteiger partial charge in [0.25, 0.3) is 0 Å². The highest BCUT2D eigenvalue weighted by molar-refractivity contribution is 4.81. The lowest BCUT2D eigenvalue weighted by molar-refractivity contribution is 0.217. The fourth-order valence-corrected chi connectivity index (χ4v) is 2.25. The number of hydrogen-bond donors (Lipinski definition) is 2. The molecule has 0 amide bonds. The highest BCUT2D eigenvalue weighted by atomic mass is 15.2. The van der Waals surface area contributed by atoms with Crippen LogP contribution in [0.1, 0.15) is 85.5 Å². The Hall–Kier alpha value is -0.0800. The van der Waals surface area contributed by atoms with Crippen molar-refractivity contribution in [2.45, 2.75) is 91.5 Å². The van der Waals surface area contributed by atoms with Crippen molar-refractivity contribution in [3.8, 4) is 0 Å². The van der Waals surface area contributed by atoms with Gasteiger partial charge in [0.05, 0.1) is 0 Å². The normalized spacial score (nSPS) is 13.9. The van der Waals surface area contributed by atoms with E-state index in [4.69, 9.17) is 5.84 Å². The van der Waals surface area contributed by atoms with E-state index in [1.54, 1.807) is 0 Å². The first kappa shape index (κ1) is 16.9. The molecule has 2 nitrogen and oxygen atoms in total. The van der Waals surface area contributed by atoms with Crippen LogP contribution in [0.15, 0.2) is 0 Å². The Labute approximate surface area is 109 Å². The summed E-state index contributed by atoms with van der Waals surface area (Å²) in [5.41, 5.74) is 3.32. The molecular formula is C15H34N2. The summed E-state index contributed by atoms with van der Waals surface area (Å²) in [6, 6.07) is 0.461. The molecule has 0 rings (SSSR count). The predicted octanol–water partition coefficient (Wildman–Crippen LogP) is 4.40. The quantitative estimate of drug-likeness (QED) is 0.320. The molecule has 0 saturated heterocycles. The van der Waals surface area contributed by atoms with Crippen LogP contribution in [0.5, 0.6) is 0 Å². The SMILES string of the molecule is CCCCCCCCCC(NN)C(C)(C)CC. The molecule has 1 atom stereocenters. The van der Waals surface area contributed by atoms with E-state index < -0.39 is 0 Å². The molecule has 0 aromatic rings. The van der Waals surface area contributed by atoms with Crippen LogP contribution in [-0.2, 0) is 0 Å². The molecule has 0 bridgehead atoms. The van der Waals surface area contributed by atoms with Crippen molar-refractivity contribution in [2.24, 2.45) is 11.3 Å². The maximum Gasteiger partial charge on any atom is 0.0261 e. The van der Waals surface area contributed by atoms with Gasteiger partial charge in [-0.15, -0.1) is 0 Å². The zero-order valence-corrected chi connectivity index (χ0v) is 12.5. The van der Waals surface area contributed by atoms with Crippen molar-refractivity contribution in [2.75, 3.05) is 0 Å². The van der Waals surface area contributed by atoms with E-state index in [1.165, 1.54) is 57.8 Å². The largest absolute Gasteiger partial charge is 0.271 e. The molecule has 0 fully saturated rings. The number of hydrazine groups is 1. The summed E-state index contributed by atoms with van der Waals surface area (Å²) in [5, 5.41) is 0. The maximum absolute atomic E-state index is 5.66. The second kappa shape index (κ2) is 9.90. The van der Waals surface area contributed by atoms with E-state index in [1.807, 2.05) is 0 Å². The van der Waals surface area contributed by atoms with Crippen molar-refractivity contribution in [1.82, 2.24) is 5.43 Å². The number of unbranched alkanes of at least 4 members (excludes halogenated alkanes) is 6. The summed E-state index contributed by atoms with van der Waals surface area (Å²) in [6.07, 6.45) is 12.0. The van der Waals surface area contributed by atoms with E-state index in [-0.39, 0.29) is 0 Å².